The molecule has 1 aromatic rings. The summed E-state index contributed by atoms with van der Waals surface area (Å²) < 4.78 is 2.55. The summed E-state index contributed by atoms with van der Waals surface area (Å²) in [7, 11) is 2.03. The Morgan fingerprint density at radius 3 is 2.78 bits per heavy atom. The zero-order chi connectivity index (χ0) is 12.8. The Kier molecular flexibility index (Phi) is 2.97. The lowest BCUT2D eigenvalue weighted by molar-refractivity contribution is 0.462. The van der Waals surface area contributed by atoms with Gasteiger partial charge in [0.25, 0.3) is 0 Å². The van der Waals surface area contributed by atoms with Crippen LogP contribution >= 0.6 is 0 Å². The summed E-state index contributed by atoms with van der Waals surface area (Å²) in [5, 5.41) is 3.32. The molecule has 1 aliphatic heterocycles. The van der Waals surface area contributed by atoms with Crippen molar-refractivity contribution in [1.29, 1.82) is 0 Å². The van der Waals surface area contributed by atoms with Crippen LogP contribution in [0.5, 0.6) is 0 Å². The molecule has 0 bridgehead atoms. The zero-order valence-electron chi connectivity index (χ0n) is 11.9. The van der Waals surface area contributed by atoms with Crippen LogP contribution in [0.3, 0.4) is 0 Å². The first-order valence-electron chi connectivity index (χ1n) is 7.38. The molecule has 2 heterocycles. The van der Waals surface area contributed by atoms with Crippen molar-refractivity contribution >= 4 is 0 Å². The van der Waals surface area contributed by atoms with Crippen molar-refractivity contribution in [3.63, 3.8) is 0 Å². The SMILES string of the molecule is CNCC(C)(C)c1nc(C2CC2)n2c1CCCC2. The van der Waals surface area contributed by atoms with E-state index in [9.17, 15) is 0 Å². The summed E-state index contributed by atoms with van der Waals surface area (Å²) in [4.78, 5) is 5.07. The second-order valence-corrected chi connectivity index (χ2v) is 6.56. The van der Waals surface area contributed by atoms with Gasteiger partial charge in [-0.05, 0) is 39.2 Å². The van der Waals surface area contributed by atoms with E-state index in [1.807, 2.05) is 7.05 Å². The van der Waals surface area contributed by atoms with Gasteiger partial charge in [-0.15, -0.1) is 0 Å². The highest BCUT2D eigenvalue weighted by Crippen LogP contribution is 2.42. The van der Waals surface area contributed by atoms with E-state index in [0.29, 0.717) is 0 Å². The van der Waals surface area contributed by atoms with Crippen LogP contribution in [0, 0.1) is 0 Å². The van der Waals surface area contributed by atoms with Crippen LogP contribution in [0.4, 0.5) is 0 Å². The minimum Gasteiger partial charge on any atom is -0.332 e. The van der Waals surface area contributed by atoms with Gasteiger partial charge in [0.2, 0.25) is 0 Å². The molecule has 1 aromatic heterocycles. The van der Waals surface area contributed by atoms with Gasteiger partial charge in [0.1, 0.15) is 5.82 Å². The molecule has 3 nitrogen and oxygen atoms in total. The fourth-order valence-corrected chi connectivity index (χ4v) is 3.29. The van der Waals surface area contributed by atoms with E-state index in [4.69, 9.17) is 4.98 Å². The first-order chi connectivity index (χ1) is 8.63. The average molecular weight is 247 g/mol. The van der Waals surface area contributed by atoms with Crippen LogP contribution < -0.4 is 5.32 Å². The molecule has 0 radical (unpaired) electrons. The second kappa shape index (κ2) is 4.37. The maximum absolute atomic E-state index is 5.07. The molecule has 0 atom stereocenters. The first-order valence-corrected chi connectivity index (χ1v) is 7.38. The minimum atomic E-state index is 0.149. The topological polar surface area (TPSA) is 29.9 Å². The summed E-state index contributed by atoms with van der Waals surface area (Å²) in [6.45, 7) is 6.83. The van der Waals surface area contributed by atoms with Crippen molar-refractivity contribution in [2.75, 3.05) is 13.6 Å². The number of nitrogens with zero attached hydrogens (tertiary/aromatic N) is 2. The second-order valence-electron chi connectivity index (χ2n) is 6.56. The van der Waals surface area contributed by atoms with Crippen LogP contribution in [-0.4, -0.2) is 23.1 Å². The van der Waals surface area contributed by atoms with Gasteiger partial charge in [-0.3, -0.25) is 0 Å². The van der Waals surface area contributed by atoms with E-state index >= 15 is 0 Å². The molecule has 18 heavy (non-hydrogen) atoms. The van der Waals surface area contributed by atoms with E-state index in [1.54, 1.807) is 0 Å². The number of hydrogen-bond donors (Lipinski definition) is 1. The molecule has 1 N–H and O–H groups in total. The number of likely N-dealkylation sites (N-methyl/N-ethyl adjacent to an activating group) is 1. The number of fused-ring (bicyclic) bond motifs is 1. The van der Waals surface area contributed by atoms with Crippen LogP contribution in [0.2, 0.25) is 0 Å². The third kappa shape index (κ3) is 1.99. The Bertz CT molecular complexity index is 441. The monoisotopic (exact) mass is 247 g/mol. The van der Waals surface area contributed by atoms with Crippen molar-refractivity contribution in [2.24, 2.45) is 0 Å². The molecule has 1 aliphatic carbocycles. The van der Waals surface area contributed by atoms with E-state index in [2.05, 4.69) is 23.7 Å². The smallest absolute Gasteiger partial charge is 0.112 e. The molecule has 0 aromatic carbocycles. The van der Waals surface area contributed by atoms with Crippen LogP contribution in [0.15, 0.2) is 0 Å². The summed E-state index contributed by atoms with van der Waals surface area (Å²) in [6.07, 6.45) is 6.58. The Hall–Kier alpha value is -0.830. The molecule has 0 unspecified atom stereocenters. The Labute approximate surface area is 110 Å². The van der Waals surface area contributed by atoms with Crippen molar-refractivity contribution < 1.29 is 0 Å². The highest BCUT2D eigenvalue weighted by atomic mass is 15.1. The maximum atomic E-state index is 5.07. The lowest BCUT2D eigenvalue weighted by Crippen LogP contribution is -2.32. The Morgan fingerprint density at radius 2 is 2.11 bits per heavy atom. The predicted molar refractivity (Wildman–Crippen MR) is 74.1 cm³/mol. The summed E-state index contributed by atoms with van der Waals surface area (Å²) in [5.74, 6) is 2.16. The van der Waals surface area contributed by atoms with Gasteiger partial charge in [-0.1, -0.05) is 13.8 Å². The molecule has 100 valence electrons. The Morgan fingerprint density at radius 1 is 1.33 bits per heavy atom. The molecule has 1 fully saturated rings. The van der Waals surface area contributed by atoms with E-state index in [-0.39, 0.29) is 5.41 Å². The molecule has 1 saturated carbocycles. The molecule has 0 spiro atoms. The zero-order valence-corrected chi connectivity index (χ0v) is 11.9. The van der Waals surface area contributed by atoms with Gasteiger partial charge in [-0.2, -0.15) is 0 Å². The highest BCUT2D eigenvalue weighted by Gasteiger charge is 2.35. The van der Waals surface area contributed by atoms with E-state index in [1.165, 1.54) is 55.9 Å². The number of hydrogen-bond acceptors (Lipinski definition) is 2. The largest absolute Gasteiger partial charge is 0.332 e. The van der Waals surface area contributed by atoms with E-state index in [0.717, 1.165) is 12.5 Å². The number of aromatic nitrogens is 2. The lowest BCUT2D eigenvalue weighted by Gasteiger charge is -2.25. The van der Waals surface area contributed by atoms with Gasteiger partial charge < -0.3 is 9.88 Å². The molecular formula is C15H25N3. The predicted octanol–water partition coefficient (Wildman–Crippen LogP) is 2.59. The quantitative estimate of drug-likeness (QED) is 0.886. The first kappa shape index (κ1) is 12.2. The standard InChI is InChI=1S/C15H25N3/c1-15(2,10-16-3)13-12-6-4-5-9-18(12)14(17-13)11-7-8-11/h11,16H,4-10H2,1-3H3. The van der Waals surface area contributed by atoms with Crippen LogP contribution in [0.25, 0.3) is 0 Å². The molecule has 0 saturated heterocycles. The van der Waals surface area contributed by atoms with Crippen LogP contribution in [-0.2, 0) is 18.4 Å². The summed E-state index contributed by atoms with van der Waals surface area (Å²) in [6, 6.07) is 0. The third-order valence-electron chi connectivity index (χ3n) is 4.35. The summed E-state index contributed by atoms with van der Waals surface area (Å²) in [5.41, 5.74) is 3.04. The van der Waals surface area contributed by atoms with Gasteiger partial charge in [0.15, 0.2) is 0 Å². The average Bonchev–Trinajstić information content (AvgIpc) is 3.09. The van der Waals surface area contributed by atoms with Crippen molar-refractivity contribution in [3.8, 4) is 0 Å². The van der Waals surface area contributed by atoms with Crippen molar-refractivity contribution in [3.05, 3.63) is 17.2 Å². The molecule has 3 heteroatoms. The fraction of sp³-hybridized carbons (Fsp3) is 0.800. The van der Waals surface area contributed by atoms with Crippen molar-refractivity contribution in [1.82, 2.24) is 14.9 Å². The van der Waals surface area contributed by atoms with Crippen molar-refractivity contribution in [2.45, 2.75) is 63.8 Å². The third-order valence-corrected chi connectivity index (χ3v) is 4.35. The molecule has 0 amide bonds. The Balaban J connectivity index is 2.03. The van der Waals surface area contributed by atoms with Gasteiger partial charge in [-0.25, -0.2) is 4.98 Å². The lowest BCUT2D eigenvalue weighted by atomic mass is 9.86. The van der Waals surface area contributed by atoms with Crippen LogP contribution in [0.1, 0.15) is 62.7 Å². The maximum Gasteiger partial charge on any atom is 0.112 e. The van der Waals surface area contributed by atoms with Gasteiger partial charge >= 0.3 is 0 Å². The normalized spacial score (nSPS) is 19.9. The molecule has 3 rings (SSSR count). The summed E-state index contributed by atoms with van der Waals surface area (Å²) >= 11 is 0. The number of nitrogens with one attached hydrogen (secondary N) is 1. The fourth-order valence-electron chi connectivity index (χ4n) is 3.29. The molecular weight excluding hydrogens is 222 g/mol. The number of rotatable bonds is 4. The highest BCUT2D eigenvalue weighted by molar-refractivity contribution is 5.29. The van der Waals surface area contributed by atoms with E-state index < -0.39 is 0 Å². The van der Waals surface area contributed by atoms with Gasteiger partial charge in [0, 0.05) is 30.1 Å². The minimum absolute atomic E-state index is 0.149. The molecule has 2 aliphatic rings. The number of imidazole rings is 1. The van der Waals surface area contributed by atoms with Gasteiger partial charge in [0.05, 0.1) is 5.69 Å².